The molecule has 3 rings (SSSR count). The van der Waals surface area contributed by atoms with E-state index in [0.29, 0.717) is 34.2 Å². The van der Waals surface area contributed by atoms with Gasteiger partial charge in [-0.3, -0.25) is 9.69 Å². The van der Waals surface area contributed by atoms with Gasteiger partial charge in [-0.1, -0.05) is 25.2 Å². The van der Waals surface area contributed by atoms with Crippen LogP contribution in [0.3, 0.4) is 0 Å². The number of amides is 1. The lowest BCUT2D eigenvalue weighted by Gasteiger charge is -2.24. The molecule has 0 saturated heterocycles. The molecular formula is C23H28FN3O4S2. The van der Waals surface area contributed by atoms with E-state index in [0.717, 1.165) is 13.1 Å². The van der Waals surface area contributed by atoms with Crippen LogP contribution in [0.1, 0.15) is 20.3 Å². The van der Waals surface area contributed by atoms with Crippen molar-refractivity contribution in [3.8, 4) is 5.75 Å². The van der Waals surface area contributed by atoms with Crippen molar-refractivity contribution in [1.82, 2.24) is 9.88 Å². The summed E-state index contributed by atoms with van der Waals surface area (Å²) in [6, 6.07) is 10.4. The minimum absolute atomic E-state index is 0.140. The molecule has 0 aliphatic rings. The number of ether oxygens (including phenoxy) is 1. The first-order chi connectivity index (χ1) is 15.8. The van der Waals surface area contributed by atoms with Gasteiger partial charge >= 0.3 is 0 Å². The molecule has 2 aromatic carbocycles. The molecule has 0 unspecified atom stereocenters. The van der Waals surface area contributed by atoms with Crippen molar-refractivity contribution in [2.24, 2.45) is 0 Å². The number of nitrogens with zero attached hydrogens (tertiary/aromatic N) is 3. The number of rotatable bonds is 11. The van der Waals surface area contributed by atoms with E-state index in [-0.39, 0.29) is 28.8 Å². The lowest BCUT2D eigenvalue weighted by Crippen LogP contribution is -2.39. The number of likely N-dealkylation sites (N-methyl/N-ethyl adjacent to an activating group) is 1. The topological polar surface area (TPSA) is 79.8 Å². The summed E-state index contributed by atoms with van der Waals surface area (Å²) in [5, 5.41) is 0.439. The fourth-order valence-corrected chi connectivity index (χ4v) is 5.63. The molecule has 0 fully saturated rings. The molecule has 0 saturated carbocycles. The Labute approximate surface area is 197 Å². The first-order valence-electron chi connectivity index (χ1n) is 10.7. The first-order valence-corrected chi connectivity index (χ1v) is 13.2. The van der Waals surface area contributed by atoms with Gasteiger partial charge in [0, 0.05) is 19.5 Å². The number of aromatic nitrogens is 1. The SMILES string of the molecule is CCN(CC)CCN(C(=O)CCS(=O)(=O)c1ccc(OC)cc1)c1nc2ccc(F)cc2s1. The Hall–Kier alpha value is -2.56. The van der Waals surface area contributed by atoms with Gasteiger partial charge in [-0.15, -0.1) is 0 Å². The summed E-state index contributed by atoms with van der Waals surface area (Å²) < 4.78 is 44.8. The van der Waals surface area contributed by atoms with Gasteiger partial charge in [0.1, 0.15) is 11.6 Å². The molecular weight excluding hydrogens is 465 g/mol. The van der Waals surface area contributed by atoms with Crippen LogP contribution in [0.15, 0.2) is 47.4 Å². The Balaban J connectivity index is 1.80. The summed E-state index contributed by atoms with van der Waals surface area (Å²) in [6.45, 7) is 6.72. The molecule has 1 amide bonds. The van der Waals surface area contributed by atoms with Crippen LogP contribution in [-0.4, -0.2) is 63.3 Å². The second kappa shape index (κ2) is 11.0. The molecule has 33 heavy (non-hydrogen) atoms. The van der Waals surface area contributed by atoms with Crippen LogP contribution in [0.5, 0.6) is 5.75 Å². The Kier molecular flexibility index (Phi) is 8.39. The minimum Gasteiger partial charge on any atom is -0.497 e. The van der Waals surface area contributed by atoms with E-state index >= 15 is 0 Å². The van der Waals surface area contributed by atoms with Crippen molar-refractivity contribution in [2.75, 3.05) is 43.9 Å². The molecule has 0 bridgehead atoms. The van der Waals surface area contributed by atoms with Crippen LogP contribution < -0.4 is 9.64 Å². The Morgan fingerprint density at radius 3 is 2.42 bits per heavy atom. The van der Waals surface area contributed by atoms with E-state index < -0.39 is 9.84 Å². The molecule has 0 aliphatic carbocycles. The number of anilines is 1. The number of halogens is 1. The summed E-state index contributed by atoms with van der Waals surface area (Å²) in [7, 11) is -2.14. The van der Waals surface area contributed by atoms with Crippen molar-refractivity contribution in [3.63, 3.8) is 0 Å². The predicted octanol–water partition coefficient (Wildman–Crippen LogP) is 3.98. The molecule has 0 aliphatic heterocycles. The third-order valence-electron chi connectivity index (χ3n) is 5.41. The number of hydrogen-bond acceptors (Lipinski definition) is 7. The van der Waals surface area contributed by atoms with Crippen LogP contribution in [0.4, 0.5) is 9.52 Å². The van der Waals surface area contributed by atoms with Gasteiger partial charge in [-0.05, 0) is 55.6 Å². The van der Waals surface area contributed by atoms with E-state index in [2.05, 4.69) is 9.88 Å². The molecule has 0 atom stereocenters. The Morgan fingerprint density at radius 1 is 1.09 bits per heavy atom. The van der Waals surface area contributed by atoms with E-state index in [1.54, 1.807) is 18.2 Å². The highest BCUT2D eigenvalue weighted by Gasteiger charge is 2.24. The first kappa shape index (κ1) is 25.1. The fourth-order valence-electron chi connectivity index (χ4n) is 3.37. The summed E-state index contributed by atoms with van der Waals surface area (Å²) in [6.07, 6.45) is -0.184. The number of carbonyl (C=O) groups is 1. The van der Waals surface area contributed by atoms with E-state index in [4.69, 9.17) is 4.74 Å². The number of fused-ring (bicyclic) bond motifs is 1. The van der Waals surface area contributed by atoms with E-state index in [1.807, 2.05) is 13.8 Å². The van der Waals surface area contributed by atoms with Gasteiger partial charge in [-0.2, -0.15) is 0 Å². The van der Waals surface area contributed by atoms with E-state index in [1.165, 1.54) is 47.6 Å². The number of methoxy groups -OCH3 is 1. The highest BCUT2D eigenvalue weighted by molar-refractivity contribution is 7.91. The van der Waals surface area contributed by atoms with Gasteiger partial charge in [-0.25, -0.2) is 17.8 Å². The van der Waals surface area contributed by atoms with Crippen LogP contribution in [0, 0.1) is 5.82 Å². The third kappa shape index (κ3) is 6.27. The summed E-state index contributed by atoms with van der Waals surface area (Å²) >= 11 is 1.22. The standard InChI is InChI=1S/C23H28FN3O4S2/c1-4-26(5-2)13-14-27(23-25-20-11-6-17(24)16-21(20)32-23)22(28)12-15-33(29,30)19-9-7-18(31-3)8-10-19/h6-11,16H,4-5,12-15H2,1-3H3. The molecule has 3 aromatic rings. The molecule has 178 valence electrons. The second-order valence-corrected chi connectivity index (χ2v) is 10.5. The largest absolute Gasteiger partial charge is 0.497 e. The predicted molar refractivity (Wildman–Crippen MR) is 129 cm³/mol. The van der Waals surface area contributed by atoms with Gasteiger partial charge in [0.25, 0.3) is 0 Å². The molecule has 7 nitrogen and oxygen atoms in total. The van der Waals surface area contributed by atoms with Crippen molar-refractivity contribution in [3.05, 3.63) is 48.3 Å². The van der Waals surface area contributed by atoms with Gasteiger partial charge in [0.15, 0.2) is 15.0 Å². The molecule has 0 radical (unpaired) electrons. The lowest BCUT2D eigenvalue weighted by atomic mass is 10.3. The highest BCUT2D eigenvalue weighted by Crippen LogP contribution is 2.30. The smallest absolute Gasteiger partial charge is 0.229 e. The average molecular weight is 494 g/mol. The maximum atomic E-state index is 13.6. The Morgan fingerprint density at radius 2 is 1.79 bits per heavy atom. The van der Waals surface area contributed by atoms with Crippen molar-refractivity contribution < 1.29 is 22.3 Å². The molecule has 0 spiro atoms. The molecule has 1 aromatic heterocycles. The highest BCUT2D eigenvalue weighted by atomic mass is 32.2. The number of hydrogen-bond donors (Lipinski definition) is 0. The van der Waals surface area contributed by atoms with Crippen molar-refractivity contribution >= 4 is 42.4 Å². The third-order valence-corrected chi connectivity index (χ3v) is 8.18. The van der Waals surface area contributed by atoms with Crippen LogP contribution in [0.2, 0.25) is 0 Å². The average Bonchev–Trinajstić information content (AvgIpc) is 3.23. The van der Waals surface area contributed by atoms with Crippen molar-refractivity contribution in [1.29, 1.82) is 0 Å². The van der Waals surface area contributed by atoms with Gasteiger partial charge in [0.05, 0.1) is 28.0 Å². The zero-order chi connectivity index (χ0) is 24.0. The second-order valence-electron chi connectivity index (χ2n) is 7.43. The maximum absolute atomic E-state index is 13.6. The Bertz CT molecular complexity index is 1190. The minimum atomic E-state index is -3.65. The quantitative estimate of drug-likeness (QED) is 0.402. The van der Waals surface area contributed by atoms with Crippen LogP contribution in [-0.2, 0) is 14.6 Å². The van der Waals surface area contributed by atoms with Crippen LogP contribution >= 0.6 is 11.3 Å². The molecule has 10 heteroatoms. The van der Waals surface area contributed by atoms with Gasteiger partial charge in [0.2, 0.25) is 5.91 Å². The monoisotopic (exact) mass is 493 g/mol. The zero-order valence-corrected chi connectivity index (χ0v) is 20.6. The number of benzene rings is 2. The molecule has 1 heterocycles. The number of thiazole rings is 1. The summed E-state index contributed by atoms with van der Waals surface area (Å²) in [5.41, 5.74) is 0.600. The molecule has 0 N–H and O–H groups in total. The maximum Gasteiger partial charge on any atom is 0.229 e. The fraction of sp³-hybridized carbons (Fsp3) is 0.391. The lowest BCUT2D eigenvalue weighted by molar-refractivity contribution is -0.118. The summed E-state index contributed by atoms with van der Waals surface area (Å²) in [5.74, 6) is -0.470. The number of sulfone groups is 1. The number of carbonyl (C=O) groups excluding carboxylic acids is 1. The zero-order valence-electron chi connectivity index (χ0n) is 19.0. The van der Waals surface area contributed by atoms with E-state index in [9.17, 15) is 17.6 Å². The van der Waals surface area contributed by atoms with Crippen LogP contribution in [0.25, 0.3) is 10.2 Å². The van der Waals surface area contributed by atoms with Crippen molar-refractivity contribution in [2.45, 2.75) is 25.2 Å². The summed E-state index contributed by atoms with van der Waals surface area (Å²) in [4.78, 5) is 21.5. The normalized spacial score (nSPS) is 11.8. The van der Waals surface area contributed by atoms with Gasteiger partial charge < -0.3 is 9.64 Å².